The van der Waals surface area contributed by atoms with Crippen LogP contribution >= 0.6 is 11.6 Å². The minimum absolute atomic E-state index is 0.282. The number of anilines is 1. The van der Waals surface area contributed by atoms with Crippen LogP contribution in [-0.2, 0) is 0 Å². The third kappa shape index (κ3) is 2.96. The van der Waals surface area contributed by atoms with Crippen LogP contribution in [0.5, 0.6) is 11.5 Å². The van der Waals surface area contributed by atoms with Crippen LogP contribution in [0.2, 0.25) is 5.02 Å². The van der Waals surface area contributed by atoms with Crippen molar-refractivity contribution in [2.24, 2.45) is 0 Å². The van der Waals surface area contributed by atoms with E-state index in [0.717, 1.165) is 43.1 Å². The molecule has 1 saturated heterocycles. The van der Waals surface area contributed by atoms with E-state index in [1.165, 1.54) is 13.0 Å². The van der Waals surface area contributed by atoms with E-state index in [1.54, 1.807) is 0 Å². The number of hydrogen-bond donors (Lipinski definition) is 1. The number of benzene rings is 1. The molecule has 1 fully saturated rings. The second-order valence-corrected chi connectivity index (χ2v) is 5.85. The van der Waals surface area contributed by atoms with Gasteiger partial charge in [0, 0.05) is 31.3 Å². The van der Waals surface area contributed by atoms with Crippen molar-refractivity contribution in [2.45, 2.75) is 32.2 Å². The molecular formula is C15H21ClN2O2. The molecule has 2 aliphatic heterocycles. The molecule has 0 bridgehead atoms. The van der Waals surface area contributed by atoms with Crippen LogP contribution in [0, 0.1) is 0 Å². The third-order valence-corrected chi connectivity index (χ3v) is 4.26. The van der Waals surface area contributed by atoms with Gasteiger partial charge in [0.2, 0.25) is 6.79 Å². The zero-order chi connectivity index (χ0) is 13.9. The lowest BCUT2D eigenvalue weighted by atomic mass is 10.0. The lowest BCUT2D eigenvalue weighted by Gasteiger charge is -2.32. The molecule has 1 aromatic rings. The van der Waals surface area contributed by atoms with E-state index in [2.05, 4.69) is 17.1 Å². The fraction of sp³-hybridized carbons (Fsp3) is 0.600. The first-order valence-corrected chi connectivity index (χ1v) is 7.72. The normalized spacial score (nSPS) is 19.3. The molecular weight excluding hydrogens is 276 g/mol. The molecule has 0 aliphatic carbocycles. The van der Waals surface area contributed by atoms with Crippen molar-refractivity contribution in [1.82, 2.24) is 4.90 Å². The fourth-order valence-electron chi connectivity index (χ4n) is 2.86. The van der Waals surface area contributed by atoms with Crippen LogP contribution in [-0.4, -0.2) is 37.4 Å². The van der Waals surface area contributed by atoms with Gasteiger partial charge < -0.3 is 19.7 Å². The van der Waals surface area contributed by atoms with E-state index in [4.69, 9.17) is 21.1 Å². The number of hydrogen-bond acceptors (Lipinski definition) is 4. The third-order valence-electron chi connectivity index (χ3n) is 3.95. The van der Waals surface area contributed by atoms with Crippen LogP contribution in [0.25, 0.3) is 0 Å². The van der Waals surface area contributed by atoms with Gasteiger partial charge in [0.05, 0.1) is 10.7 Å². The van der Waals surface area contributed by atoms with Crippen LogP contribution < -0.4 is 14.8 Å². The Labute approximate surface area is 125 Å². The number of fused-ring (bicyclic) bond motifs is 1. The minimum Gasteiger partial charge on any atom is -0.454 e. The summed E-state index contributed by atoms with van der Waals surface area (Å²) in [5.74, 6) is 1.51. The lowest BCUT2D eigenvalue weighted by molar-refractivity contribution is 0.174. The van der Waals surface area contributed by atoms with Crippen molar-refractivity contribution in [3.8, 4) is 11.5 Å². The molecule has 2 heterocycles. The molecule has 1 N–H and O–H groups in total. The quantitative estimate of drug-likeness (QED) is 0.924. The summed E-state index contributed by atoms with van der Waals surface area (Å²) in [5, 5.41) is 4.25. The van der Waals surface area contributed by atoms with Crippen molar-refractivity contribution in [3.05, 3.63) is 17.2 Å². The van der Waals surface area contributed by atoms with Gasteiger partial charge in [-0.2, -0.15) is 0 Å². The summed E-state index contributed by atoms with van der Waals surface area (Å²) < 4.78 is 10.7. The predicted molar refractivity (Wildman–Crippen MR) is 81.0 cm³/mol. The van der Waals surface area contributed by atoms with E-state index < -0.39 is 0 Å². The highest BCUT2D eigenvalue weighted by Crippen LogP contribution is 2.39. The monoisotopic (exact) mass is 296 g/mol. The van der Waals surface area contributed by atoms with Crippen molar-refractivity contribution in [2.75, 3.05) is 31.7 Å². The van der Waals surface area contributed by atoms with Crippen LogP contribution in [0.3, 0.4) is 0 Å². The molecule has 0 unspecified atom stereocenters. The summed E-state index contributed by atoms with van der Waals surface area (Å²) in [7, 11) is 0. The first-order chi connectivity index (χ1) is 9.76. The summed E-state index contributed by atoms with van der Waals surface area (Å²) >= 11 is 6.30. The Balaban J connectivity index is 1.61. The Morgan fingerprint density at radius 1 is 1.25 bits per heavy atom. The maximum atomic E-state index is 6.30. The minimum atomic E-state index is 0.282. The number of halogens is 1. The zero-order valence-electron chi connectivity index (χ0n) is 11.8. The maximum absolute atomic E-state index is 6.30. The van der Waals surface area contributed by atoms with Crippen molar-refractivity contribution >= 4 is 17.3 Å². The summed E-state index contributed by atoms with van der Waals surface area (Å²) in [6.07, 6.45) is 3.54. The Hall–Kier alpha value is -1.13. The summed E-state index contributed by atoms with van der Waals surface area (Å²) in [4.78, 5) is 2.53. The van der Waals surface area contributed by atoms with Crippen LogP contribution in [0.15, 0.2) is 12.1 Å². The van der Waals surface area contributed by atoms with Gasteiger partial charge >= 0.3 is 0 Å². The molecule has 4 nitrogen and oxygen atoms in total. The fourth-order valence-corrected chi connectivity index (χ4v) is 3.07. The van der Waals surface area contributed by atoms with E-state index in [0.29, 0.717) is 11.1 Å². The Bertz CT molecular complexity index is 473. The maximum Gasteiger partial charge on any atom is 0.231 e. The second-order valence-electron chi connectivity index (χ2n) is 5.45. The van der Waals surface area contributed by atoms with Gasteiger partial charge in [-0.25, -0.2) is 0 Å². The SMILES string of the molecule is CCCN1CCC(Nc2cc3c(cc2Cl)OCO3)CC1. The molecule has 0 amide bonds. The van der Waals surface area contributed by atoms with E-state index in [-0.39, 0.29) is 6.79 Å². The molecule has 110 valence electrons. The van der Waals surface area contributed by atoms with Gasteiger partial charge in [-0.15, -0.1) is 0 Å². The number of ether oxygens (including phenoxy) is 2. The van der Waals surface area contributed by atoms with Gasteiger partial charge in [0.1, 0.15) is 0 Å². The van der Waals surface area contributed by atoms with Crippen molar-refractivity contribution in [3.63, 3.8) is 0 Å². The summed E-state index contributed by atoms with van der Waals surface area (Å²) in [5.41, 5.74) is 0.949. The smallest absolute Gasteiger partial charge is 0.231 e. The molecule has 0 atom stereocenters. The molecule has 20 heavy (non-hydrogen) atoms. The number of nitrogens with one attached hydrogen (secondary N) is 1. The van der Waals surface area contributed by atoms with Gasteiger partial charge in [-0.05, 0) is 25.8 Å². The Kier molecular flexibility index (Phi) is 4.22. The van der Waals surface area contributed by atoms with E-state index in [1.807, 2.05) is 12.1 Å². The summed E-state index contributed by atoms with van der Waals surface area (Å²) in [6.45, 7) is 6.04. The van der Waals surface area contributed by atoms with E-state index >= 15 is 0 Å². The highest BCUT2D eigenvalue weighted by molar-refractivity contribution is 6.33. The first kappa shape index (κ1) is 13.8. The van der Waals surface area contributed by atoms with Crippen LogP contribution in [0.4, 0.5) is 5.69 Å². The Morgan fingerprint density at radius 2 is 1.95 bits per heavy atom. The molecule has 0 radical (unpaired) electrons. The number of nitrogens with zero attached hydrogens (tertiary/aromatic N) is 1. The predicted octanol–water partition coefficient (Wildman–Crippen LogP) is 3.36. The molecule has 0 aromatic heterocycles. The molecule has 2 aliphatic rings. The average Bonchev–Trinajstić information content (AvgIpc) is 2.89. The largest absolute Gasteiger partial charge is 0.454 e. The standard InChI is InChI=1S/C15H21ClN2O2/c1-2-5-18-6-3-11(4-7-18)17-13-9-15-14(8-12(13)16)19-10-20-15/h8-9,11,17H,2-7,10H2,1H3. The lowest BCUT2D eigenvalue weighted by Crippen LogP contribution is -2.39. The highest BCUT2D eigenvalue weighted by atomic mass is 35.5. The molecule has 0 saturated carbocycles. The number of likely N-dealkylation sites (tertiary alicyclic amines) is 1. The van der Waals surface area contributed by atoms with Crippen molar-refractivity contribution < 1.29 is 9.47 Å². The molecule has 0 spiro atoms. The molecule has 5 heteroatoms. The van der Waals surface area contributed by atoms with Crippen molar-refractivity contribution in [1.29, 1.82) is 0 Å². The zero-order valence-corrected chi connectivity index (χ0v) is 12.6. The summed E-state index contributed by atoms with van der Waals surface area (Å²) in [6, 6.07) is 4.27. The molecule has 3 rings (SSSR count). The van der Waals surface area contributed by atoms with E-state index in [9.17, 15) is 0 Å². The topological polar surface area (TPSA) is 33.7 Å². The highest BCUT2D eigenvalue weighted by Gasteiger charge is 2.21. The van der Waals surface area contributed by atoms with Gasteiger partial charge in [-0.3, -0.25) is 0 Å². The Morgan fingerprint density at radius 3 is 2.65 bits per heavy atom. The van der Waals surface area contributed by atoms with Gasteiger partial charge in [0.25, 0.3) is 0 Å². The average molecular weight is 297 g/mol. The van der Waals surface area contributed by atoms with Gasteiger partial charge in [0.15, 0.2) is 11.5 Å². The van der Waals surface area contributed by atoms with Crippen LogP contribution in [0.1, 0.15) is 26.2 Å². The number of rotatable bonds is 4. The van der Waals surface area contributed by atoms with Gasteiger partial charge in [-0.1, -0.05) is 18.5 Å². The first-order valence-electron chi connectivity index (χ1n) is 7.34. The number of piperidine rings is 1. The second kappa shape index (κ2) is 6.10. The molecule has 1 aromatic carbocycles.